The molecule has 3 nitrogen and oxygen atoms in total. The van der Waals surface area contributed by atoms with Crippen LogP contribution in [0.4, 0.5) is 11.4 Å². The molecule has 0 aromatic heterocycles. The number of hydrogen-bond donors (Lipinski definition) is 0. The van der Waals surface area contributed by atoms with Gasteiger partial charge >= 0.3 is 0 Å². The van der Waals surface area contributed by atoms with Crippen molar-refractivity contribution < 1.29 is 8.42 Å². The summed E-state index contributed by atoms with van der Waals surface area (Å²) >= 11 is 1.62. The van der Waals surface area contributed by atoms with Gasteiger partial charge in [0, 0.05) is 9.79 Å². The van der Waals surface area contributed by atoms with Crippen molar-refractivity contribution in [1.82, 2.24) is 0 Å². The summed E-state index contributed by atoms with van der Waals surface area (Å²) in [6, 6.07) is 19.7. The van der Waals surface area contributed by atoms with Crippen molar-refractivity contribution >= 4 is 33.2 Å². The number of fused-ring (bicyclic) bond motifs is 2. The zero-order chi connectivity index (χ0) is 23.2. The number of sulfonamides is 1. The SMILES string of the molecule is CC(C)c1cc(C(C)C)c(S(=O)(=O)N2c3ccccc3Sc3ccccc32)c(C(C)C)c1. The lowest BCUT2D eigenvalue weighted by Gasteiger charge is -2.34. The predicted molar refractivity (Wildman–Crippen MR) is 135 cm³/mol. The zero-order valence-corrected chi connectivity index (χ0v) is 21.2. The van der Waals surface area contributed by atoms with E-state index in [1.165, 1.54) is 5.56 Å². The molecule has 0 radical (unpaired) electrons. The molecule has 32 heavy (non-hydrogen) atoms. The van der Waals surface area contributed by atoms with E-state index in [1.807, 2.05) is 48.5 Å². The molecule has 168 valence electrons. The third kappa shape index (κ3) is 3.86. The summed E-state index contributed by atoms with van der Waals surface area (Å²) in [5.74, 6) is 0.496. The number of nitrogens with zero attached hydrogens (tertiary/aromatic N) is 1. The second kappa shape index (κ2) is 8.60. The molecule has 0 aliphatic carbocycles. The number of rotatable bonds is 5. The highest BCUT2D eigenvalue weighted by Gasteiger charge is 2.37. The minimum absolute atomic E-state index is 0.0839. The van der Waals surface area contributed by atoms with Gasteiger partial charge in [-0.3, -0.25) is 0 Å². The van der Waals surface area contributed by atoms with Gasteiger partial charge in [0.05, 0.1) is 16.3 Å². The van der Waals surface area contributed by atoms with Gasteiger partial charge in [0.15, 0.2) is 0 Å². The summed E-state index contributed by atoms with van der Waals surface area (Å²) in [6.45, 7) is 12.6. The first-order chi connectivity index (χ1) is 15.1. The van der Waals surface area contributed by atoms with Gasteiger partial charge in [-0.15, -0.1) is 0 Å². The molecule has 0 N–H and O–H groups in total. The average molecular weight is 466 g/mol. The second-order valence-corrected chi connectivity index (χ2v) is 12.1. The van der Waals surface area contributed by atoms with Gasteiger partial charge in [0.1, 0.15) is 0 Å². The molecular weight excluding hydrogens is 434 g/mol. The van der Waals surface area contributed by atoms with E-state index in [4.69, 9.17) is 0 Å². The van der Waals surface area contributed by atoms with Gasteiger partial charge in [-0.2, -0.15) is 0 Å². The summed E-state index contributed by atoms with van der Waals surface area (Å²) in [5, 5.41) is 0. The molecule has 0 saturated heterocycles. The number of anilines is 2. The Labute approximate surface area is 196 Å². The van der Waals surface area contributed by atoms with Crippen molar-refractivity contribution in [3.05, 3.63) is 77.4 Å². The zero-order valence-electron chi connectivity index (χ0n) is 19.6. The van der Waals surface area contributed by atoms with Crippen LogP contribution < -0.4 is 4.31 Å². The Morgan fingerprint density at radius 1 is 0.688 bits per heavy atom. The first kappa shape index (κ1) is 22.9. The Hall–Kier alpha value is -2.24. The summed E-state index contributed by atoms with van der Waals surface area (Å²) < 4.78 is 30.7. The van der Waals surface area contributed by atoms with Crippen LogP contribution in [0.25, 0.3) is 0 Å². The third-order valence-corrected chi connectivity index (χ3v) is 8.96. The maximum absolute atomic E-state index is 14.6. The molecule has 3 aromatic rings. The smallest absolute Gasteiger partial charge is 0.232 e. The van der Waals surface area contributed by atoms with Crippen molar-refractivity contribution in [2.24, 2.45) is 0 Å². The highest BCUT2D eigenvalue weighted by molar-refractivity contribution is 8.00. The van der Waals surface area contributed by atoms with Crippen molar-refractivity contribution in [2.45, 2.75) is 74.0 Å². The number of para-hydroxylation sites is 2. The van der Waals surface area contributed by atoms with Crippen LogP contribution in [0.2, 0.25) is 0 Å². The third-order valence-electron chi connectivity index (χ3n) is 5.97. The highest BCUT2D eigenvalue weighted by atomic mass is 32.2. The molecule has 4 rings (SSSR count). The lowest BCUT2D eigenvalue weighted by Crippen LogP contribution is -2.31. The average Bonchev–Trinajstić information content (AvgIpc) is 2.76. The van der Waals surface area contributed by atoms with E-state index in [1.54, 1.807) is 16.1 Å². The van der Waals surface area contributed by atoms with E-state index in [9.17, 15) is 8.42 Å². The molecule has 0 saturated carbocycles. The molecule has 0 amide bonds. The molecule has 1 heterocycles. The van der Waals surface area contributed by atoms with E-state index in [-0.39, 0.29) is 11.8 Å². The van der Waals surface area contributed by atoms with Crippen LogP contribution in [-0.4, -0.2) is 8.42 Å². The molecule has 0 atom stereocenters. The van der Waals surface area contributed by atoms with Gasteiger partial charge in [-0.25, -0.2) is 12.7 Å². The molecular formula is C27H31NO2S2. The maximum atomic E-state index is 14.6. The highest BCUT2D eigenvalue weighted by Crippen LogP contribution is 2.51. The summed E-state index contributed by atoms with van der Waals surface area (Å²) in [7, 11) is -3.86. The van der Waals surface area contributed by atoms with E-state index in [0.29, 0.717) is 22.2 Å². The van der Waals surface area contributed by atoms with Crippen molar-refractivity contribution in [1.29, 1.82) is 0 Å². The quantitative estimate of drug-likeness (QED) is 0.382. The second-order valence-electron chi connectivity index (χ2n) is 9.30. The van der Waals surface area contributed by atoms with Crippen LogP contribution in [0.1, 0.15) is 76.0 Å². The standard InChI is InChI=1S/C27H31NO2S2/c1-17(2)20-15-21(18(3)4)27(22(16-20)19(5)6)32(29,30)28-23-11-7-9-13-25(23)31-26-14-10-8-12-24(26)28/h7-19H,1-6H3. The normalized spacial score (nSPS) is 13.6. The van der Waals surface area contributed by atoms with Crippen molar-refractivity contribution in [2.75, 3.05) is 4.31 Å². The van der Waals surface area contributed by atoms with E-state index < -0.39 is 10.0 Å². The Kier molecular flexibility index (Phi) is 6.17. The van der Waals surface area contributed by atoms with Crippen LogP contribution in [0, 0.1) is 0 Å². The largest absolute Gasteiger partial charge is 0.269 e. The van der Waals surface area contributed by atoms with Gasteiger partial charge in [0.25, 0.3) is 10.0 Å². The predicted octanol–water partition coefficient (Wildman–Crippen LogP) is 8.05. The summed E-state index contributed by atoms with van der Waals surface area (Å²) in [5.41, 5.74) is 4.41. The molecule has 0 spiro atoms. The van der Waals surface area contributed by atoms with Crippen molar-refractivity contribution in [3.63, 3.8) is 0 Å². The summed E-state index contributed by atoms with van der Waals surface area (Å²) in [6.07, 6.45) is 0. The fourth-order valence-corrected chi connectivity index (χ4v) is 7.59. The fraction of sp³-hybridized carbons (Fsp3) is 0.333. The lowest BCUT2D eigenvalue weighted by atomic mass is 9.89. The first-order valence-corrected chi connectivity index (χ1v) is 13.5. The Bertz CT molecular complexity index is 1190. The van der Waals surface area contributed by atoms with E-state index >= 15 is 0 Å². The molecule has 0 unspecified atom stereocenters. The molecule has 5 heteroatoms. The van der Waals surface area contributed by atoms with Crippen LogP contribution in [0.5, 0.6) is 0 Å². The Morgan fingerprint density at radius 3 is 1.53 bits per heavy atom. The van der Waals surface area contributed by atoms with E-state index in [2.05, 4.69) is 53.7 Å². The molecule has 1 aliphatic rings. The van der Waals surface area contributed by atoms with E-state index in [0.717, 1.165) is 20.9 Å². The summed E-state index contributed by atoms with van der Waals surface area (Å²) in [4.78, 5) is 2.36. The van der Waals surface area contributed by atoms with Gasteiger partial charge in [-0.05, 0) is 58.7 Å². The maximum Gasteiger partial charge on any atom is 0.269 e. The van der Waals surface area contributed by atoms with Crippen LogP contribution in [0.3, 0.4) is 0 Å². The molecule has 1 aliphatic heterocycles. The topological polar surface area (TPSA) is 37.4 Å². The Morgan fingerprint density at radius 2 is 1.12 bits per heavy atom. The Balaban J connectivity index is 2.06. The van der Waals surface area contributed by atoms with Crippen LogP contribution in [0.15, 0.2) is 75.4 Å². The fourth-order valence-electron chi connectivity index (χ4n) is 4.21. The molecule has 0 bridgehead atoms. The molecule has 3 aromatic carbocycles. The minimum Gasteiger partial charge on any atom is -0.232 e. The van der Waals surface area contributed by atoms with Gasteiger partial charge < -0.3 is 0 Å². The first-order valence-electron chi connectivity index (χ1n) is 11.2. The molecule has 0 fully saturated rings. The van der Waals surface area contributed by atoms with Crippen molar-refractivity contribution in [3.8, 4) is 0 Å². The van der Waals surface area contributed by atoms with Gasteiger partial charge in [-0.1, -0.05) is 89.7 Å². The van der Waals surface area contributed by atoms with Crippen LogP contribution >= 0.6 is 11.8 Å². The minimum atomic E-state index is -3.86. The lowest BCUT2D eigenvalue weighted by molar-refractivity contribution is 0.590. The number of hydrogen-bond acceptors (Lipinski definition) is 3. The number of benzene rings is 3. The van der Waals surface area contributed by atoms with Gasteiger partial charge in [0.2, 0.25) is 0 Å². The van der Waals surface area contributed by atoms with Crippen LogP contribution in [-0.2, 0) is 10.0 Å². The monoisotopic (exact) mass is 465 g/mol.